The summed E-state index contributed by atoms with van der Waals surface area (Å²) in [6.07, 6.45) is 3.59. The maximum Gasteiger partial charge on any atom is 0.252 e. The second-order valence-corrected chi connectivity index (χ2v) is 6.67. The van der Waals surface area contributed by atoms with Crippen LogP contribution in [0, 0.1) is 11.7 Å². The Labute approximate surface area is 180 Å². The molecule has 156 valence electrons. The fourth-order valence-electron chi connectivity index (χ4n) is 3.12. The average Bonchev–Trinajstić information content (AvgIpc) is 2.93. The molecule has 29 heavy (non-hydrogen) atoms. The zero-order valence-electron chi connectivity index (χ0n) is 15.6. The van der Waals surface area contributed by atoms with Crippen molar-refractivity contribution in [1.82, 2.24) is 20.0 Å². The molecule has 1 amide bonds. The van der Waals surface area contributed by atoms with Gasteiger partial charge in [0.25, 0.3) is 5.91 Å². The summed E-state index contributed by atoms with van der Waals surface area (Å²) in [5, 5.41) is 6.27. The second-order valence-electron chi connectivity index (χ2n) is 6.67. The molecule has 1 aliphatic rings. The predicted molar refractivity (Wildman–Crippen MR) is 115 cm³/mol. The van der Waals surface area contributed by atoms with Gasteiger partial charge in [0.05, 0.1) is 24.5 Å². The first-order valence-corrected chi connectivity index (χ1v) is 9.00. The number of ether oxygens (including phenoxy) is 1. The van der Waals surface area contributed by atoms with Gasteiger partial charge in [0, 0.05) is 43.5 Å². The van der Waals surface area contributed by atoms with Crippen molar-refractivity contribution in [1.29, 1.82) is 0 Å². The maximum atomic E-state index is 13.1. The molecule has 2 N–H and O–H groups in total. The van der Waals surface area contributed by atoms with Crippen molar-refractivity contribution in [3.63, 3.8) is 0 Å². The van der Waals surface area contributed by atoms with Crippen LogP contribution < -0.4 is 10.6 Å². The number of imidazole rings is 1. The number of aromatic nitrogens is 2. The number of halogens is 3. The zero-order chi connectivity index (χ0) is 18.6. The smallest absolute Gasteiger partial charge is 0.252 e. The van der Waals surface area contributed by atoms with Crippen LogP contribution in [0.15, 0.2) is 48.8 Å². The molecule has 0 spiro atoms. The summed E-state index contributed by atoms with van der Waals surface area (Å²) >= 11 is 0. The molecule has 1 unspecified atom stereocenters. The van der Waals surface area contributed by atoms with Crippen molar-refractivity contribution in [2.75, 3.05) is 32.8 Å². The van der Waals surface area contributed by atoms with Crippen LogP contribution in [0.5, 0.6) is 0 Å². The van der Waals surface area contributed by atoms with E-state index in [4.69, 9.17) is 4.74 Å². The van der Waals surface area contributed by atoms with Crippen molar-refractivity contribution >= 4 is 36.4 Å². The third-order valence-corrected chi connectivity index (χ3v) is 4.61. The van der Waals surface area contributed by atoms with Gasteiger partial charge in [-0.15, -0.1) is 24.8 Å². The molecule has 1 atom stereocenters. The number of carbonyl (C=O) groups excluding carboxylic acids is 1. The van der Waals surface area contributed by atoms with E-state index in [2.05, 4.69) is 15.6 Å². The number of hydrogen-bond donors (Lipinski definition) is 2. The Kier molecular flexibility index (Phi) is 8.40. The molecule has 6 nitrogen and oxygen atoms in total. The number of nitrogens with zero attached hydrogens (tertiary/aromatic N) is 2. The Morgan fingerprint density at radius 2 is 2.00 bits per heavy atom. The van der Waals surface area contributed by atoms with E-state index in [-0.39, 0.29) is 42.5 Å². The van der Waals surface area contributed by atoms with Gasteiger partial charge in [-0.05, 0) is 36.4 Å². The highest BCUT2D eigenvalue weighted by Gasteiger charge is 2.15. The lowest BCUT2D eigenvalue weighted by Crippen LogP contribution is -2.35. The van der Waals surface area contributed by atoms with Gasteiger partial charge in [-0.2, -0.15) is 0 Å². The normalized spacial score (nSPS) is 16.4. The lowest BCUT2D eigenvalue weighted by atomic mass is 10.1. The summed E-state index contributed by atoms with van der Waals surface area (Å²) in [5.41, 5.74) is 2.85. The van der Waals surface area contributed by atoms with Crippen molar-refractivity contribution < 1.29 is 13.9 Å². The van der Waals surface area contributed by atoms with Crippen molar-refractivity contribution in [2.45, 2.75) is 0 Å². The fraction of sp³-hybridized carbons (Fsp3) is 0.300. The Morgan fingerprint density at radius 3 is 2.79 bits per heavy atom. The van der Waals surface area contributed by atoms with Crippen LogP contribution in [0.1, 0.15) is 10.4 Å². The molecule has 1 fully saturated rings. The lowest BCUT2D eigenvalue weighted by molar-refractivity contribution is 0.0921. The lowest BCUT2D eigenvalue weighted by Gasteiger charge is -2.14. The average molecular weight is 441 g/mol. The quantitative estimate of drug-likeness (QED) is 0.654. The maximum absolute atomic E-state index is 13.1. The van der Waals surface area contributed by atoms with Gasteiger partial charge in [0.15, 0.2) is 0 Å². The van der Waals surface area contributed by atoms with E-state index < -0.39 is 0 Å². The van der Waals surface area contributed by atoms with E-state index in [1.54, 1.807) is 30.5 Å². The first kappa shape index (κ1) is 23.1. The largest absolute Gasteiger partial charge is 0.380 e. The minimum Gasteiger partial charge on any atom is -0.380 e. The van der Waals surface area contributed by atoms with E-state index in [0.717, 1.165) is 30.0 Å². The van der Waals surface area contributed by atoms with Crippen LogP contribution in [0.4, 0.5) is 4.39 Å². The second kappa shape index (κ2) is 10.5. The Bertz CT molecular complexity index is 941. The molecule has 0 aliphatic carbocycles. The number of benzene rings is 1. The van der Waals surface area contributed by atoms with Gasteiger partial charge in [-0.25, -0.2) is 9.37 Å². The summed E-state index contributed by atoms with van der Waals surface area (Å²) < 4.78 is 20.4. The molecule has 2 aromatic heterocycles. The molecular formula is C20H23Cl2FN4O2. The standard InChI is InChI=1S/C20H21FN4O2.2ClH/c21-17-4-1-15(2-5-17)18-12-25-11-16(3-6-19(25)24-18)20(26)23-10-14-9-22-7-8-27-13-14;;/h1-6,11-12,14,22H,7-10,13H2,(H,23,26);2*1H. The number of pyridine rings is 1. The van der Waals surface area contributed by atoms with E-state index in [1.165, 1.54) is 12.1 Å². The first-order chi connectivity index (χ1) is 13.2. The SMILES string of the molecule is Cl.Cl.O=C(NCC1CNCCOC1)c1ccc2nc(-c3ccc(F)cc3)cn2c1. The van der Waals surface area contributed by atoms with Crippen LogP contribution in [0.3, 0.4) is 0 Å². The fourth-order valence-corrected chi connectivity index (χ4v) is 3.12. The molecule has 4 rings (SSSR count). The molecule has 9 heteroatoms. The molecule has 0 bridgehead atoms. The van der Waals surface area contributed by atoms with Gasteiger partial charge in [-0.1, -0.05) is 0 Å². The number of amides is 1. The molecular weight excluding hydrogens is 418 g/mol. The third kappa shape index (κ3) is 5.67. The minimum absolute atomic E-state index is 0. The van der Waals surface area contributed by atoms with Gasteiger partial charge >= 0.3 is 0 Å². The number of carbonyl (C=O) groups is 1. The van der Waals surface area contributed by atoms with Crippen molar-refractivity contribution in [3.8, 4) is 11.3 Å². The van der Waals surface area contributed by atoms with Crippen LogP contribution in [0.2, 0.25) is 0 Å². The van der Waals surface area contributed by atoms with E-state index in [9.17, 15) is 9.18 Å². The van der Waals surface area contributed by atoms with Crippen LogP contribution in [-0.4, -0.2) is 48.1 Å². The van der Waals surface area contributed by atoms with E-state index in [0.29, 0.717) is 25.3 Å². The monoisotopic (exact) mass is 440 g/mol. The topological polar surface area (TPSA) is 67.7 Å². The molecule has 1 aliphatic heterocycles. The zero-order valence-corrected chi connectivity index (χ0v) is 17.3. The molecule has 3 aromatic rings. The molecule has 1 saturated heterocycles. The molecule has 3 heterocycles. The number of nitrogens with one attached hydrogen (secondary N) is 2. The van der Waals surface area contributed by atoms with Gasteiger partial charge < -0.3 is 19.8 Å². The first-order valence-electron chi connectivity index (χ1n) is 9.00. The highest BCUT2D eigenvalue weighted by molar-refractivity contribution is 5.94. The van der Waals surface area contributed by atoms with Crippen LogP contribution >= 0.6 is 24.8 Å². The van der Waals surface area contributed by atoms with Gasteiger partial charge in [0.2, 0.25) is 0 Å². The van der Waals surface area contributed by atoms with Crippen molar-refractivity contribution in [2.24, 2.45) is 5.92 Å². The number of hydrogen-bond acceptors (Lipinski definition) is 4. The van der Waals surface area contributed by atoms with Gasteiger partial charge in [-0.3, -0.25) is 4.79 Å². The van der Waals surface area contributed by atoms with Gasteiger partial charge in [0.1, 0.15) is 11.5 Å². The van der Waals surface area contributed by atoms with Crippen molar-refractivity contribution in [3.05, 3.63) is 60.2 Å². The van der Waals surface area contributed by atoms with Crippen LogP contribution in [-0.2, 0) is 4.74 Å². The number of fused-ring (bicyclic) bond motifs is 1. The summed E-state index contributed by atoms with van der Waals surface area (Å²) in [7, 11) is 0. The third-order valence-electron chi connectivity index (χ3n) is 4.61. The summed E-state index contributed by atoms with van der Waals surface area (Å²) in [5.74, 6) is -0.146. The van der Waals surface area contributed by atoms with E-state index >= 15 is 0 Å². The summed E-state index contributed by atoms with van der Waals surface area (Å²) in [4.78, 5) is 17.0. The molecule has 0 saturated carbocycles. The Hall–Kier alpha value is -2.19. The predicted octanol–water partition coefficient (Wildman–Crippen LogP) is 2.95. The van der Waals surface area contributed by atoms with E-state index in [1.807, 2.05) is 10.6 Å². The highest BCUT2D eigenvalue weighted by Crippen LogP contribution is 2.20. The summed E-state index contributed by atoms with van der Waals surface area (Å²) in [6, 6.07) is 9.75. The highest BCUT2D eigenvalue weighted by atomic mass is 35.5. The van der Waals surface area contributed by atoms with Crippen LogP contribution in [0.25, 0.3) is 16.9 Å². The number of rotatable bonds is 4. The Morgan fingerprint density at radius 1 is 1.21 bits per heavy atom. The minimum atomic E-state index is -0.282. The Balaban J connectivity index is 0.00000150. The molecule has 0 radical (unpaired) electrons. The molecule has 1 aromatic carbocycles. The summed E-state index contributed by atoms with van der Waals surface area (Å²) in [6.45, 7) is 3.60.